The second-order valence-corrected chi connectivity index (χ2v) is 9.99. The number of carbonyl (C=O) groups is 1. The van der Waals surface area contributed by atoms with Crippen molar-refractivity contribution >= 4 is 73.5 Å². The van der Waals surface area contributed by atoms with Gasteiger partial charge in [-0.2, -0.15) is 0 Å². The molecule has 0 bridgehead atoms. The summed E-state index contributed by atoms with van der Waals surface area (Å²) in [5, 5.41) is 18.3. The summed E-state index contributed by atoms with van der Waals surface area (Å²) in [6.07, 6.45) is 0. The van der Waals surface area contributed by atoms with Crippen molar-refractivity contribution in [2.75, 3.05) is 36.5 Å². The highest BCUT2D eigenvalue weighted by molar-refractivity contribution is 7.80. The number of nitro groups is 1. The van der Waals surface area contributed by atoms with Crippen LogP contribution in [0.3, 0.4) is 0 Å². The molecule has 188 valence electrons. The van der Waals surface area contributed by atoms with Crippen LogP contribution in [0.15, 0.2) is 60.7 Å². The molecule has 0 aliphatic carbocycles. The molecule has 2 heterocycles. The summed E-state index contributed by atoms with van der Waals surface area (Å²) in [5.74, 6) is -0.553. The molecule has 1 aromatic heterocycles. The average Bonchev–Trinajstić information content (AvgIpc) is 3.34. The summed E-state index contributed by atoms with van der Waals surface area (Å²) < 4.78 is 6.43. The Morgan fingerprint density at radius 2 is 1.92 bits per heavy atom. The Kier molecular flexibility index (Phi) is 7.28. The second kappa shape index (κ2) is 10.8. The third-order valence-corrected chi connectivity index (χ3v) is 7.37. The molecule has 0 atom stereocenters. The van der Waals surface area contributed by atoms with Crippen molar-refractivity contribution in [3.63, 3.8) is 0 Å². The van der Waals surface area contributed by atoms with Crippen molar-refractivity contribution in [2.45, 2.75) is 0 Å². The number of hydrogen-bond donors (Lipinski definition) is 2. The maximum atomic E-state index is 13.2. The van der Waals surface area contributed by atoms with Crippen molar-refractivity contribution in [1.29, 1.82) is 0 Å². The zero-order valence-electron chi connectivity index (χ0n) is 19.3. The molecule has 12 heteroatoms. The van der Waals surface area contributed by atoms with Gasteiger partial charge in [0.25, 0.3) is 11.6 Å². The van der Waals surface area contributed by atoms with Gasteiger partial charge in [-0.15, -0.1) is 11.3 Å². The van der Waals surface area contributed by atoms with Gasteiger partial charge in [-0.05, 0) is 48.6 Å². The first kappa shape index (κ1) is 25.0. The highest BCUT2D eigenvalue weighted by Gasteiger charge is 2.23. The second-order valence-electron chi connectivity index (χ2n) is 8.15. The maximum Gasteiger partial charge on any atom is 0.270 e. The number of morpholine rings is 1. The van der Waals surface area contributed by atoms with Crippen LogP contribution in [0.25, 0.3) is 20.8 Å². The molecular weight excluding hydrogens is 534 g/mol. The standard InChI is InChI=1S/C25H20ClN5O4S2/c26-19-7-5-15(13-17(19)24-28-20-3-1-2-4-22(20)37-24)27-25(36)29-23(32)18-14-16(31(33)34)6-8-21(18)30-9-11-35-12-10-30/h1-8,13-14H,9-12H2,(H2,27,29,32,36). The van der Waals surface area contributed by atoms with Gasteiger partial charge < -0.3 is 15.0 Å². The van der Waals surface area contributed by atoms with Crippen molar-refractivity contribution in [3.05, 3.63) is 81.4 Å². The third-order valence-electron chi connectivity index (χ3n) is 5.76. The van der Waals surface area contributed by atoms with E-state index < -0.39 is 10.8 Å². The monoisotopic (exact) mass is 553 g/mol. The van der Waals surface area contributed by atoms with E-state index in [9.17, 15) is 14.9 Å². The first-order valence-electron chi connectivity index (χ1n) is 11.3. The summed E-state index contributed by atoms with van der Waals surface area (Å²) in [6.45, 7) is 2.15. The molecule has 0 unspecified atom stereocenters. The minimum atomic E-state index is -0.553. The number of hydrogen-bond acceptors (Lipinski definition) is 8. The zero-order valence-corrected chi connectivity index (χ0v) is 21.7. The van der Waals surface area contributed by atoms with Gasteiger partial charge in [0.1, 0.15) is 5.01 Å². The predicted octanol–water partition coefficient (Wildman–Crippen LogP) is 5.49. The van der Waals surface area contributed by atoms with E-state index in [2.05, 4.69) is 15.6 Å². The highest BCUT2D eigenvalue weighted by Crippen LogP contribution is 2.36. The van der Waals surface area contributed by atoms with E-state index in [0.717, 1.165) is 20.8 Å². The highest BCUT2D eigenvalue weighted by atomic mass is 35.5. The van der Waals surface area contributed by atoms with E-state index in [1.807, 2.05) is 35.2 Å². The number of benzene rings is 3. The SMILES string of the molecule is O=C(NC(=S)Nc1ccc(Cl)c(-c2nc3ccccc3s2)c1)c1cc([N+](=O)[O-])ccc1N1CCOCC1. The summed E-state index contributed by atoms with van der Waals surface area (Å²) in [4.78, 5) is 30.6. The van der Waals surface area contributed by atoms with E-state index in [-0.39, 0.29) is 16.4 Å². The van der Waals surface area contributed by atoms with Gasteiger partial charge >= 0.3 is 0 Å². The number of anilines is 2. The normalized spacial score (nSPS) is 13.4. The number of thiazole rings is 1. The average molecular weight is 554 g/mol. The van der Waals surface area contributed by atoms with E-state index in [0.29, 0.717) is 42.7 Å². The lowest BCUT2D eigenvalue weighted by atomic mass is 10.1. The molecule has 1 aliphatic rings. The number of fused-ring (bicyclic) bond motifs is 1. The van der Waals surface area contributed by atoms with E-state index in [4.69, 9.17) is 28.6 Å². The summed E-state index contributed by atoms with van der Waals surface area (Å²) >= 11 is 13.4. The molecule has 0 spiro atoms. The third kappa shape index (κ3) is 5.54. The first-order valence-corrected chi connectivity index (χ1v) is 12.9. The zero-order chi connectivity index (χ0) is 25.9. The molecule has 9 nitrogen and oxygen atoms in total. The number of nitro benzene ring substituents is 1. The largest absolute Gasteiger partial charge is 0.378 e. The number of halogens is 1. The van der Waals surface area contributed by atoms with Crippen LogP contribution in [0.4, 0.5) is 17.1 Å². The smallest absolute Gasteiger partial charge is 0.270 e. The fourth-order valence-electron chi connectivity index (χ4n) is 3.99. The van der Waals surface area contributed by atoms with E-state index >= 15 is 0 Å². The first-order chi connectivity index (χ1) is 17.9. The number of carbonyl (C=O) groups excluding carboxylic acids is 1. The molecule has 1 amide bonds. The molecule has 1 fully saturated rings. The van der Waals surface area contributed by atoms with Crippen molar-refractivity contribution in [1.82, 2.24) is 10.3 Å². The van der Waals surface area contributed by atoms with Crippen LogP contribution >= 0.6 is 35.2 Å². The van der Waals surface area contributed by atoms with Crippen LogP contribution in [-0.2, 0) is 4.74 Å². The van der Waals surface area contributed by atoms with Crippen molar-refractivity contribution in [3.8, 4) is 10.6 Å². The van der Waals surface area contributed by atoms with Gasteiger partial charge in [0.15, 0.2) is 5.11 Å². The van der Waals surface area contributed by atoms with Crippen LogP contribution in [0, 0.1) is 10.1 Å². The topological polar surface area (TPSA) is 110 Å². The van der Waals surface area contributed by atoms with Crippen LogP contribution in [0.1, 0.15) is 10.4 Å². The summed E-state index contributed by atoms with van der Waals surface area (Å²) in [7, 11) is 0. The quantitative estimate of drug-likeness (QED) is 0.190. The van der Waals surface area contributed by atoms with Crippen LogP contribution in [0.5, 0.6) is 0 Å². The fourth-order valence-corrected chi connectivity index (χ4v) is 5.46. The summed E-state index contributed by atoms with van der Waals surface area (Å²) in [5.41, 5.74) is 2.78. The van der Waals surface area contributed by atoms with Gasteiger partial charge in [-0.1, -0.05) is 23.7 Å². The number of nitrogens with one attached hydrogen (secondary N) is 2. The Morgan fingerprint density at radius 1 is 1.14 bits per heavy atom. The number of amides is 1. The van der Waals surface area contributed by atoms with E-state index in [1.165, 1.54) is 23.5 Å². The molecule has 0 saturated carbocycles. The number of non-ortho nitro benzene ring substituents is 1. The number of para-hydroxylation sites is 1. The van der Waals surface area contributed by atoms with Gasteiger partial charge in [0, 0.05) is 36.5 Å². The summed E-state index contributed by atoms with van der Waals surface area (Å²) in [6, 6.07) is 17.3. The fraction of sp³-hybridized carbons (Fsp3) is 0.160. The molecule has 37 heavy (non-hydrogen) atoms. The van der Waals surface area contributed by atoms with Gasteiger partial charge in [0.2, 0.25) is 0 Å². The minimum absolute atomic E-state index is 0.0435. The molecule has 1 aliphatic heterocycles. The Bertz CT molecular complexity index is 1490. The molecule has 3 aromatic carbocycles. The van der Waals surface area contributed by atoms with Gasteiger partial charge in [0.05, 0.1) is 44.6 Å². The van der Waals surface area contributed by atoms with Gasteiger partial charge in [-0.25, -0.2) is 4.98 Å². The number of aromatic nitrogens is 1. The number of thiocarbonyl (C=S) groups is 1. The van der Waals surface area contributed by atoms with Gasteiger partial charge in [-0.3, -0.25) is 20.2 Å². The number of ether oxygens (including phenoxy) is 1. The van der Waals surface area contributed by atoms with Crippen LogP contribution < -0.4 is 15.5 Å². The lowest BCUT2D eigenvalue weighted by molar-refractivity contribution is -0.384. The van der Waals surface area contributed by atoms with Crippen molar-refractivity contribution < 1.29 is 14.5 Å². The molecule has 0 radical (unpaired) electrons. The minimum Gasteiger partial charge on any atom is -0.378 e. The molecule has 5 rings (SSSR count). The van der Waals surface area contributed by atoms with E-state index in [1.54, 1.807) is 18.2 Å². The lowest BCUT2D eigenvalue weighted by Crippen LogP contribution is -2.39. The Hall–Kier alpha value is -3.64. The molecule has 2 N–H and O–H groups in total. The Morgan fingerprint density at radius 3 is 2.68 bits per heavy atom. The predicted molar refractivity (Wildman–Crippen MR) is 150 cm³/mol. The van der Waals surface area contributed by atoms with Crippen LogP contribution in [-0.4, -0.2) is 47.2 Å². The Balaban J connectivity index is 1.36. The number of rotatable bonds is 5. The molecular formula is C25H20ClN5O4S2. The molecule has 1 saturated heterocycles. The lowest BCUT2D eigenvalue weighted by Gasteiger charge is -2.30. The number of nitrogens with zero attached hydrogens (tertiary/aromatic N) is 3. The van der Waals surface area contributed by atoms with Crippen LogP contribution in [0.2, 0.25) is 5.02 Å². The molecule has 4 aromatic rings. The Labute approximate surface area is 226 Å². The maximum absolute atomic E-state index is 13.2. The van der Waals surface area contributed by atoms with Crippen molar-refractivity contribution in [2.24, 2.45) is 0 Å².